The number of aromatic nitrogens is 1. The smallest absolute Gasteiger partial charge is 0.251 e. The van der Waals surface area contributed by atoms with Gasteiger partial charge in [-0.2, -0.15) is 0 Å². The number of aryl methyl sites for hydroxylation is 2. The number of thiol groups is 1. The molecule has 0 unspecified atom stereocenters. The minimum atomic E-state index is 0.0198. The van der Waals surface area contributed by atoms with Crippen molar-refractivity contribution in [1.29, 1.82) is 0 Å². The third kappa shape index (κ3) is 2.08. The van der Waals surface area contributed by atoms with E-state index in [1.165, 1.54) is 0 Å². The predicted molar refractivity (Wildman–Crippen MR) is 71.7 cm³/mol. The summed E-state index contributed by atoms with van der Waals surface area (Å²) in [5.74, 6) is 0. The Kier molecular flexibility index (Phi) is 3.21. The van der Waals surface area contributed by atoms with Crippen LogP contribution in [0.2, 0.25) is 0 Å². The molecule has 2 heterocycles. The van der Waals surface area contributed by atoms with E-state index in [2.05, 4.69) is 17.6 Å². The zero-order valence-corrected chi connectivity index (χ0v) is 10.9. The van der Waals surface area contributed by atoms with E-state index in [4.69, 9.17) is 0 Å². The molecular weight excluding hydrogens is 238 g/mol. The Morgan fingerprint density at radius 2 is 2.19 bits per heavy atom. The van der Waals surface area contributed by atoms with Crippen molar-refractivity contribution in [2.24, 2.45) is 0 Å². The van der Waals surface area contributed by atoms with Crippen molar-refractivity contribution in [3.63, 3.8) is 0 Å². The Balaban J connectivity index is 2.61. The molecule has 16 heavy (non-hydrogen) atoms. The van der Waals surface area contributed by atoms with Gasteiger partial charge in [0.15, 0.2) is 0 Å². The fraction of sp³-hybridized carbons (Fsp3) is 0.250. The summed E-state index contributed by atoms with van der Waals surface area (Å²) in [5, 5.41) is 0. The van der Waals surface area contributed by atoms with Gasteiger partial charge in [-0.15, -0.1) is 24.0 Å². The van der Waals surface area contributed by atoms with E-state index in [0.717, 1.165) is 32.3 Å². The third-order valence-electron chi connectivity index (χ3n) is 2.55. The van der Waals surface area contributed by atoms with Gasteiger partial charge in [0.05, 0.1) is 4.21 Å². The number of nitrogens with one attached hydrogen (secondary N) is 1. The van der Waals surface area contributed by atoms with Crippen LogP contribution in [0, 0.1) is 6.92 Å². The van der Waals surface area contributed by atoms with Gasteiger partial charge in [-0.05, 0) is 31.5 Å². The Morgan fingerprint density at radius 1 is 1.44 bits per heavy atom. The summed E-state index contributed by atoms with van der Waals surface area (Å²) in [7, 11) is 0. The lowest BCUT2D eigenvalue weighted by Crippen LogP contribution is -2.13. The molecule has 0 saturated carbocycles. The number of pyridine rings is 1. The average Bonchev–Trinajstić information content (AvgIpc) is 2.65. The monoisotopic (exact) mass is 251 g/mol. The molecule has 0 aliphatic carbocycles. The van der Waals surface area contributed by atoms with E-state index >= 15 is 0 Å². The number of rotatable bonds is 2. The molecule has 0 aliphatic heterocycles. The van der Waals surface area contributed by atoms with Gasteiger partial charge in [0.2, 0.25) is 0 Å². The summed E-state index contributed by atoms with van der Waals surface area (Å²) in [4.78, 5) is 15.6. The van der Waals surface area contributed by atoms with Crippen LogP contribution in [0.25, 0.3) is 10.4 Å². The molecular formula is C12H13NOS2. The van der Waals surface area contributed by atoms with E-state index < -0.39 is 0 Å². The lowest BCUT2D eigenvalue weighted by molar-refractivity contribution is 1.03. The van der Waals surface area contributed by atoms with Crippen LogP contribution >= 0.6 is 24.0 Å². The highest BCUT2D eigenvalue weighted by Gasteiger charge is 2.08. The van der Waals surface area contributed by atoms with Crippen molar-refractivity contribution < 1.29 is 0 Å². The number of hydrogen-bond acceptors (Lipinski definition) is 3. The van der Waals surface area contributed by atoms with Crippen LogP contribution in [0.3, 0.4) is 0 Å². The lowest BCUT2D eigenvalue weighted by Gasteiger charge is -2.05. The fourth-order valence-corrected chi connectivity index (χ4v) is 2.85. The largest absolute Gasteiger partial charge is 0.326 e. The lowest BCUT2D eigenvalue weighted by atomic mass is 10.1. The van der Waals surface area contributed by atoms with Gasteiger partial charge in [0.25, 0.3) is 5.56 Å². The van der Waals surface area contributed by atoms with Crippen LogP contribution < -0.4 is 5.56 Å². The van der Waals surface area contributed by atoms with Gasteiger partial charge in [0.1, 0.15) is 0 Å². The standard InChI is InChI=1S/C12H13NOS2/c1-3-8-6-9(7(2)13-12(8)14)10-4-5-11(15)16-10/h4-6,15H,3H2,1-2H3,(H,13,14). The number of thiophene rings is 1. The van der Waals surface area contributed by atoms with Crippen LogP contribution in [-0.4, -0.2) is 4.98 Å². The number of aromatic amines is 1. The maximum absolute atomic E-state index is 11.6. The van der Waals surface area contributed by atoms with Crippen LogP contribution in [-0.2, 0) is 6.42 Å². The molecule has 84 valence electrons. The number of hydrogen-bond donors (Lipinski definition) is 2. The summed E-state index contributed by atoms with van der Waals surface area (Å²) in [6, 6.07) is 5.99. The van der Waals surface area contributed by atoms with Gasteiger partial charge < -0.3 is 4.98 Å². The zero-order chi connectivity index (χ0) is 11.7. The summed E-state index contributed by atoms with van der Waals surface area (Å²) >= 11 is 5.93. The molecule has 2 rings (SSSR count). The zero-order valence-electron chi connectivity index (χ0n) is 9.20. The van der Waals surface area contributed by atoms with Gasteiger partial charge >= 0.3 is 0 Å². The SMILES string of the molecule is CCc1cc(-c2ccc(S)s2)c(C)[nH]c1=O. The van der Waals surface area contributed by atoms with E-state index in [0.29, 0.717) is 0 Å². The van der Waals surface area contributed by atoms with Crippen molar-refractivity contribution in [3.8, 4) is 10.4 Å². The minimum absolute atomic E-state index is 0.0198. The molecule has 0 aromatic carbocycles. The highest BCUT2D eigenvalue weighted by Crippen LogP contribution is 2.31. The molecule has 2 aromatic heterocycles. The van der Waals surface area contributed by atoms with Crippen molar-refractivity contribution in [3.05, 3.63) is 39.8 Å². The number of H-pyrrole nitrogens is 1. The predicted octanol–water partition coefficient (Wildman–Crippen LogP) is 3.26. The highest BCUT2D eigenvalue weighted by molar-refractivity contribution is 7.83. The average molecular weight is 251 g/mol. The molecule has 2 nitrogen and oxygen atoms in total. The Morgan fingerprint density at radius 3 is 2.75 bits per heavy atom. The highest BCUT2D eigenvalue weighted by atomic mass is 32.2. The first kappa shape index (κ1) is 11.5. The topological polar surface area (TPSA) is 32.9 Å². The van der Waals surface area contributed by atoms with Crippen LogP contribution in [0.4, 0.5) is 0 Å². The molecule has 0 spiro atoms. The van der Waals surface area contributed by atoms with Crippen molar-refractivity contribution in [2.45, 2.75) is 24.5 Å². The van der Waals surface area contributed by atoms with Crippen LogP contribution in [0.1, 0.15) is 18.2 Å². The molecule has 0 atom stereocenters. The van der Waals surface area contributed by atoms with E-state index in [1.807, 2.05) is 32.0 Å². The molecule has 0 saturated heterocycles. The molecule has 0 radical (unpaired) electrons. The van der Waals surface area contributed by atoms with Gasteiger partial charge in [-0.25, -0.2) is 0 Å². The minimum Gasteiger partial charge on any atom is -0.326 e. The third-order valence-corrected chi connectivity index (χ3v) is 3.90. The second-order valence-corrected chi connectivity index (χ2v) is 5.52. The van der Waals surface area contributed by atoms with E-state index in [-0.39, 0.29) is 5.56 Å². The Hall–Kier alpha value is -1.00. The Labute approximate surface area is 104 Å². The molecule has 2 aromatic rings. The maximum atomic E-state index is 11.6. The first-order chi connectivity index (χ1) is 7.61. The molecule has 1 N–H and O–H groups in total. The molecule has 0 amide bonds. The first-order valence-electron chi connectivity index (χ1n) is 5.13. The van der Waals surface area contributed by atoms with Crippen molar-refractivity contribution >= 4 is 24.0 Å². The molecule has 0 aliphatic rings. The summed E-state index contributed by atoms with van der Waals surface area (Å²) in [6.07, 6.45) is 0.752. The van der Waals surface area contributed by atoms with Gasteiger partial charge in [0, 0.05) is 21.7 Å². The maximum Gasteiger partial charge on any atom is 0.251 e. The quantitative estimate of drug-likeness (QED) is 0.789. The van der Waals surface area contributed by atoms with Crippen LogP contribution in [0.5, 0.6) is 0 Å². The molecule has 0 bridgehead atoms. The second kappa shape index (κ2) is 4.47. The first-order valence-corrected chi connectivity index (χ1v) is 6.40. The van der Waals surface area contributed by atoms with Gasteiger partial charge in [-0.1, -0.05) is 6.92 Å². The fourth-order valence-electron chi connectivity index (χ4n) is 1.66. The molecule has 4 heteroatoms. The second-order valence-electron chi connectivity index (χ2n) is 3.65. The summed E-state index contributed by atoms with van der Waals surface area (Å²) < 4.78 is 0.985. The van der Waals surface area contributed by atoms with Crippen LogP contribution in [0.15, 0.2) is 27.2 Å². The summed E-state index contributed by atoms with van der Waals surface area (Å²) in [6.45, 7) is 3.91. The van der Waals surface area contributed by atoms with Gasteiger partial charge in [-0.3, -0.25) is 4.79 Å². The summed E-state index contributed by atoms with van der Waals surface area (Å²) in [5.41, 5.74) is 2.86. The van der Waals surface area contributed by atoms with Crippen molar-refractivity contribution in [1.82, 2.24) is 4.98 Å². The van der Waals surface area contributed by atoms with Crippen molar-refractivity contribution in [2.75, 3.05) is 0 Å². The van der Waals surface area contributed by atoms with E-state index in [1.54, 1.807) is 11.3 Å². The Bertz CT molecular complexity index is 569. The van der Waals surface area contributed by atoms with E-state index in [9.17, 15) is 4.79 Å². The normalized spacial score (nSPS) is 10.7. The molecule has 0 fully saturated rings.